The Morgan fingerprint density at radius 3 is 1.89 bits per heavy atom. The van der Waals surface area contributed by atoms with Crippen molar-refractivity contribution in [2.75, 3.05) is 0 Å². The Hall–Kier alpha value is -1.37. The van der Waals surface area contributed by atoms with Gasteiger partial charge in [-0.05, 0) is 24.3 Å². The van der Waals surface area contributed by atoms with E-state index >= 15 is 0 Å². The first kappa shape index (κ1) is 12.7. The fourth-order valence-corrected chi connectivity index (χ4v) is 4.43. The molecule has 0 aliphatic carbocycles. The molecule has 1 aromatic heterocycles. The normalized spacial score (nSPS) is 12.3. The van der Waals surface area contributed by atoms with Gasteiger partial charge in [0.05, 0.1) is 8.07 Å². The molecule has 1 nitrogen and oxygen atoms in total. The van der Waals surface area contributed by atoms with E-state index in [0.717, 1.165) is 4.47 Å². The van der Waals surface area contributed by atoms with E-state index in [1.54, 1.807) is 0 Å². The lowest BCUT2D eigenvalue weighted by Crippen LogP contribution is -2.15. The van der Waals surface area contributed by atoms with Crippen LogP contribution >= 0.6 is 24.0 Å². The molecule has 3 aromatic rings. The zero-order valence-corrected chi connectivity index (χ0v) is 12.8. The molecule has 1 unspecified atom stereocenters. The van der Waals surface area contributed by atoms with Crippen molar-refractivity contribution in [3.63, 3.8) is 0 Å². The van der Waals surface area contributed by atoms with Crippen LogP contribution in [0.2, 0.25) is 0 Å². The molecule has 94 valence electrons. The number of halogens is 1. The maximum atomic E-state index is 3.50. The molecule has 3 rings (SSSR count). The second-order valence-electron chi connectivity index (χ2n) is 4.19. The summed E-state index contributed by atoms with van der Waals surface area (Å²) in [6.45, 7) is 0. The summed E-state index contributed by atoms with van der Waals surface area (Å²) in [5, 5.41) is 2.71. The molecule has 0 radical (unpaired) electrons. The molecule has 0 saturated carbocycles. The molecule has 0 aliphatic rings. The fourth-order valence-electron chi connectivity index (χ4n) is 2.03. The Kier molecular flexibility index (Phi) is 3.82. The largest absolute Gasteiger partial charge is 0.325 e. The Morgan fingerprint density at radius 2 is 1.26 bits per heavy atom. The van der Waals surface area contributed by atoms with Gasteiger partial charge in [0.1, 0.15) is 0 Å². The molecule has 0 bridgehead atoms. The third-order valence-corrected chi connectivity index (χ3v) is 5.72. The highest BCUT2D eigenvalue weighted by atomic mass is 79.9. The van der Waals surface area contributed by atoms with Gasteiger partial charge in [-0.2, -0.15) is 0 Å². The smallest absolute Gasteiger partial charge is 0.0587 e. The van der Waals surface area contributed by atoms with Gasteiger partial charge in [0.2, 0.25) is 0 Å². The minimum absolute atomic E-state index is 0.526. The number of hydrogen-bond acceptors (Lipinski definition) is 0. The minimum atomic E-state index is -0.526. The SMILES string of the molecule is Brc1ccc(P(c2ccccc2)n2cccc2)cc1. The van der Waals surface area contributed by atoms with Crippen molar-refractivity contribution >= 4 is 34.6 Å². The lowest BCUT2D eigenvalue weighted by atomic mass is 10.4. The summed E-state index contributed by atoms with van der Waals surface area (Å²) >= 11 is 3.50. The molecule has 0 spiro atoms. The molecule has 19 heavy (non-hydrogen) atoms. The van der Waals surface area contributed by atoms with Crippen LogP contribution in [0.15, 0.2) is 83.6 Å². The zero-order chi connectivity index (χ0) is 13.1. The summed E-state index contributed by atoms with van der Waals surface area (Å²) in [6.07, 6.45) is 4.28. The summed E-state index contributed by atoms with van der Waals surface area (Å²) < 4.78 is 3.42. The van der Waals surface area contributed by atoms with Crippen LogP contribution in [0.25, 0.3) is 0 Å². The van der Waals surface area contributed by atoms with Crippen LogP contribution in [0, 0.1) is 0 Å². The quantitative estimate of drug-likeness (QED) is 0.636. The van der Waals surface area contributed by atoms with Gasteiger partial charge in [-0.15, -0.1) is 0 Å². The van der Waals surface area contributed by atoms with Gasteiger partial charge in [0.25, 0.3) is 0 Å². The zero-order valence-electron chi connectivity index (χ0n) is 10.3. The summed E-state index contributed by atoms with van der Waals surface area (Å²) in [5.41, 5.74) is 0. The molecule has 0 amide bonds. The standard InChI is InChI=1S/C16H13BrNP/c17-14-8-10-16(11-9-14)19(18-12-4-5-13-18)15-6-2-1-3-7-15/h1-13H. The highest BCUT2D eigenvalue weighted by molar-refractivity contribution is 9.10. The van der Waals surface area contributed by atoms with E-state index < -0.39 is 8.07 Å². The van der Waals surface area contributed by atoms with Gasteiger partial charge in [-0.1, -0.05) is 58.4 Å². The molecule has 0 aliphatic heterocycles. The summed E-state index contributed by atoms with van der Waals surface area (Å²) in [7, 11) is -0.526. The van der Waals surface area contributed by atoms with Crippen LogP contribution in [0.4, 0.5) is 0 Å². The van der Waals surface area contributed by atoms with Gasteiger partial charge in [-0.3, -0.25) is 0 Å². The average molecular weight is 330 g/mol. The lowest BCUT2D eigenvalue weighted by Gasteiger charge is -2.20. The van der Waals surface area contributed by atoms with E-state index in [9.17, 15) is 0 Å². The molecular weight excluding hydrogens is 317 g/mol. The van der Waals surface area contributed by atoms with E-state index in [-0.39, 0.29) is 0 Å². The van der Waals surface area contributed by atoms with Crippen LogP contribution in [0.5, 0.6) is 0 Å². The first-order valence-corrected chi connectivity index (χ1v) is 8.17. The van der Waals surface area contributed by atoms with E-state index in [1.807, 2.05) is 0 Å². The molecular formula is C16H13BrNP. The van der Waals surface area contributed by atoms with Gasteiger partial charge >= 0.3 is 0 Å². The lowest BCUT2D eigenvalue weighted by molar-refractivity contribution is 1.27. The summed E-state index contributed by atoms with van der Waals surface area (Å²) in [6, 6.07) is 23.4. The van der Waals surface area contributed by atoms with Crippen molar-refractivity contribution in [2.24, 2.45) is 0 Å². The Bertz CT molecular complexity index is 632. The van der Waals surface area contributed by atoms with Crippen molar-refractivity contribution in [3.8, 4) is 0 Å². The van der Waals surface area contributed by atoms with Crippen molar-refractivity contribution in [3.05, 3.63) is 83.6 Å². The highest BCUT2D eigenvalue weighted by Crippen LogP contribution is 2.35. The van der Waals surface area contributed by atoms with E-state index in [4.69, 9.17) is 0 Å². The average Bonchev–Trinajstić information content (AvgIpc) is 2.96. The predicted molar refractivity (Wildman–Crippen MR) is 86.6 cm³/mol. The van der Waals surface area contributed by atoms with Crippen LogP contribution < -0.4 is 10.6 Å². The molecule has 0 saturated heterocycles. The summed E-state index contributed by atoms with van der Waals surface area (Å²) in [5.74, 6) is 0. The Labute approximate surface area is 122 Å². The van der Waals surface area contributed by atoms with Crippen molar-refractivity contribution < 1.29 is 0 Å². The Balaban J connectivity index is 2.10. The van der Waals surface area contributed by atoms with Crippen molar-refractivity contribution in [1.29, 1.82) is 0 Å². The van der Waals surface area contributed by atoms with Crippen LogP contribution in [0.1, 0.15) is 0 Å². The van der Waals surface area contributed by atoms with Gasteiger partial charge in [0, 0.05) is 27.5 Å². The maximum Gasteiger partial charge on any atom is 0.0587 e. The minimum Gasteiger partial charge on any atom is -0.325 e. The van der Waals surface area contributed by atoms with Crippen LogP contribution in [-0.2, 0) is 0 Å². The van der Waals surface area contributed by atoms with E-state index in [1.165, 1.54) is 10.6 Å². The van der Waals surface area contributed by atoms with Crippen molar-refractivity contribution in [1.82, 2.24) is 4.34 Å². The van der Waals surface area contributed by atoms with Gasteiger partial charge in [-0.25, -0.2) is 0 Å². The number of benzene rings is 2. The van der Waals surface area contributed by atoms with E-state index in [0.29, 0.717) is 0 Å². The van der Waals surface area contributed by atoms with Crippen LogP contribution in [0.3, 0.4) is 0 Å². The maximum absolute atomic E-state index is 3.50. The molecule has 0 N–H and O–H groups in total. The number of aromatic nitrogens is 1. The highest BCUT2D eigenvalue weighted by Gasteiger charge is 2.14. The fraction of sp³-hybridized carbons (Fsp3) is 0. The molecule has 2 aromatic carbocycles. The number of hydrogen-bond donors (Lipinski definition) is 0. The molecule has 3 heteroatoms. The molecule has 1 heterocycles. The molecule has 0 fully saturated rings. The van der Waals surface area contributed by atoms with Gasteiger partial charge in [0.15, 0.2) is 0 Å². The number of rotatable bonds is 3. The summed E-state index contributed by atoms with van der Waals surface area (Å²) in [4.78, 5) is 0. The first-order valence-electron chi connectivity index (χ1n) is 6.08. The topological polar surface area (TPSA) is 4.93 Å². The third-order valence-electron chi connectivity index (χ3n) is 2.89. The monoisotopic (exact) mass is 329 g/mol. The molecule has 1 atom stereocenters. The second kappa shape index (κ2) is 5.73. The second-order valence-corrected chi connectivity index (χ2v) is 7.22. The van der Waals surface area contributed by atoms with Gasteiger partial charge < -0.3 is 4.34 Å². The van der Waals surface area contributed by atoms with Crippen LogP contribution in [-0.4, -0.2) is 4.34 Å². The Morgan fingerprint density at radius 1 is 0.684 bits per heavy atom. The predicted octanol–water partition coefficient (Wildman–Crippen LogP) is 4.15. The van der Waals surface area contributed by atoms with Crippen molar-refractivity contribution in [2.45, 2.75) is 0 Å². The first-order chi connectivity index (χ1) is 9.34. The third kappa shape index (κ3) is 2.80. The number of nitrogens with zero attached hydrogens (tertiary/aromatic N) is 1. The van der Waals surface area contributed by atoms with E-state index in [2.05, 4.69) is 99.4 Å².